The molecule has 0 saturated carbocycles. The van der Waals surface area contributed by atoms with Gasteiger partial charge in [-0.1, -0.05) is 19.9 Å². The Morgan fingerprint density at radius 3 is 2.00 bits per heavy atom. The van der Waals surface area contributed by atoms with Gasteiger partial charge in [-0.3, -0.25) is 4.79 Å². The van der Waals surface area contributed by atoms with Gasteiger partial charge in [0.15, 0.2) is 0 Å². The average Bonchev–Trinajstić information content (AvgIpc) is 2.95. The van der Waals surface area contributed by atoms with Crippen molar-refractivity contribution in [3.05, 3.63) is 59.3 Å². The molecule has 1 aromatic heterocycles. The van der Waals surface area contributed by atoms with E-state index in [0.29, 0.717) is 29.6 Å². The summed E-state index contributed by atoms with van der Waals surface area (Å²) in [5.74, 6) is -0.318. The molecular weight excluding hydrogens is 422 g/mol. The molecule has 166 valence electrons. The highest BCUT2D eigenvalue weighted by Gasteiger charge is 2.37. The standard InChI is InChI=1S/C22H20F6N2O/c1-12(2)10-30-11-15(8-20(29)31)18-7-13(3-4-19(18)30)14-5-16(21(23,24)25)9-17(6-14)22(26,27)28/h3-7,9,11-12H,8,10H2,1-2H3,(H2,29,31). The second-order valence-corrected chi connectivity index (χ2v) is 7.87. The first-order valence-corrected chi connectivity index (χ1v) is 9.45. The molecule has 2 N–H and O–H groups in total. The summed E-state index contributed by atoms with van der Waals surface area (Å²) in [6, 6.07) is 6.08. The first kappa shape index (κ1) is 22.7. The van der Waals surface area contributed by atoms with Crippen LogP contribution in [0.4, 0.5) is 26.3 Å². The third-order valence-electron chi connectivity index (χ3n) is 4.81. The molecular formula is C22H20F6N2O. The van der Waals surface area contributed by atoms with Crippen LogP contribution in [0.5, 0.6) is 0 Å². The normalized spacial score (nSPS) is 12.7. The number of primary amides is 1. The second kappa shape index (κ2) is 7.94. The number of hydrogen-bond donors (Lipinski definition) is 1. The van der Waals surface area contributed by atoms with Gasteiger partial charge in [-0.25, -0.2) is 0 Å². The quantitative estimate of drug-likeness (QED) is 0.482. The van der Waals surface area contributed by atoms with E-state index < -0.39 is 29.4 Å². The van der Waals surface area contributed by atoms with Crippen molar-refractivity contribution >= 4 is 16.8 Å². The molecule has 31 heavy (non-hydrogen) atoms. The van der Waals surface area contributed by atoms with Gasteiger partial charge >= 0.3 is 12.4 Å². The van der Waals surface area contributed by atoms with Crippen molar-refractivity contribution in [1.29, 1.82) is 0 Å². The lowest BCUT2D eigenvalue weighted by atomic mass is 9.97. The minimum absolute atomic E-state index is 0.0958. The van der Waals surface area contributed by atoms with Crippen LogP contribution >= 0.6 is 0 Å². The maximum absolute atomic E-state index is 13.2. The number of amides is 1. The first-order valence-electron chi connectivity index (χ1n) is 9.45. The maximum atomic E-state index is 13.2. The number of hydrogen-bond acceptors (Lipinski definition) is 1. The van der Waals surface area contributed by atoms with Gasteiger partial charge in [-0.2, -0.15) is 26.3 Å². The first-order chi connectivity index (χ1) is 14.3. The Kier molecular flexibility index (Phi) is 5.82. The molecule has 0 aliphatic carbocycles. The number of aromatic nitrogens is 1. The number of fused-ring (bicyclic) bond motifs is 1. The van der Waals surface area contributed by atoms with Gasteiger partial charge in [0, 0.05) is 23.6 Å². The third kappa shape index (κ3) is 5.03. The van der Waals surface area contributed by atoms with E-state index in [9.17, 15) is 31.1 Å². The molecule has 3 aromatic rings. The Balaban J connectivity index is 2.22. The number of benzene rings is 2. The van der Waals surface area contributed by atoms with Gasteiger partial charge in [-0.15, -0.1) is 0 Å². The van der Waals surface area contributed by atoms with Crippen molar-refractivity contribution in [3.63, 3.8) is 0 Å². The molecule has 0 bridgehead atoms. The van der Waals surface area contributed by atoms with Crippen LogP contribution in [0.3, 0.4) is 0 Å². The fourth-order valence-electron chi connectivity index (χ4n) is 3.55. The van der Waals surface area contributed by atoms with Crippen LogP contribution < -0.4 is 5.73 Å². The minimum Gasteiger partial charge on any atom is -0.369 e. The van der Waals surface area contributed by atoms with Gasteiger partial charge in [0.05, 0.1) is 17.5 Å². The average molecular weight is 442 g/mol. The van der Waals surface area contributed by atoms with Crippen molar-refractivity contribution in [2.75, 3.05) is 0 Å². The smallest absolute Gasteiger partial charge is 0.369 e. The van der Waals surface area contributed by atoms with Gasteiger partial charge in [0.25, 0.3) is 0 Å². The van der Waals surface area contributed by atoms with Crippen molar-refractivity contribution in [2.45, 2.75) is 39.2 Å². The summed E-state index contributed by atoms with van der Waals surface area (Å²) < 4.78 is 81.2. The molecule has 0 aliphatic rings. The maximum Gasteiger partial charge on any atom is 0.416 e. The monoisotopic (exact) mass is 442 g/mol. The number of halogens is 6. The number of rotatable bonds is 5. The highest BCUT2D eigenvalue weighted by Crippen LogP contribution is 2.39. The second-order valence-electron chi connectivity index (χ2n) is 7.87. The highest BCUT2D eigenvalue weighted by molar-refractivity contribution is 5.92. The molecule has 1 amide bonds. The van der Waals surface area contributed by atoms with Gasteiger partial charge in [0.1, 0.15) is 0 Å². The molecule has 3 rings (SSSR count). The third-order valence-corrected chi connectivity index (χ3v) is 4.81. The van der Waals surface area contributed by atoms with Crippen LogP contribution in [0.15, 0.2) is 42.6 Å². The number of alkyl halides is 6. The lowest BCUT2D eigenvalue weighted by Crippen LogP contribution is -2.13. The zero-order chi connectivity index (χ0) is 23.1. The van der Waals surface area contributed by atoms with Crippen molar-refractivity contribution in [3.8, 4) is 11.1 Å². The minimum atomic E-state index is -4.93. The molecule has 0 aliphatic heterocycles. The summed E-state index contributed by atoms with van der Waals surface area (Å²) in [6.07, 6.45) is -8.22. The number of carbonyl (C=O) groups is 1. The fraction of sp³-hybridized carbons (Fsp3) is 0.318. The zero-order valence-electron chi connectivity index (χ0n) is 16.7. The molecule has 1 heterocycles. The van der Waals surface area contributed by atoms with Crippen LogP contribution in [0.1, 0.15) is 30.5 Å². The number of carbonyl (C=O) groups excluding carboxylic acids is 1. The Bertz CT molecular complexity index is 1090. The van der Waals surface area contributed by atoms with Crippen LogP contribution in [0.25, 0.3) is 22.0 Å². The van der Waals surface area contributed by atoms with E-state index in [4.69, 9.17) is 5.73 Å². The van der Waals surface area contributed by atoms with Gasteiger partial charge in [-0.05, 0) is 52.9 Å². The molecule has 9 heteroatoms. The van der Waals surface area contributed by atoms with Gasteiger partial charge in [0.2, 0.25) is 5.91 Å². The van der Waals surface area contributed by atoms with E-state index in [0.717, 1.165) is 5.52 Å². The molecule has 0 spiro atoms. The summed E-state index contributed by atoms with van der Waals surface area (Å²) in [5.41, 5.74) is 3.79. The van der Waals surface area contributed by atoms with Crippen LogP contribution in [0.2, 0.25) is 0 Å². The van der Waals surface area contributed by atoms with Crippen LogP contribution in [-0.4, -0.2) is 10.5 Å². The summed E-state index contributed by atoms with van der Waals surface area (Å²) >= 11 is 0. The lowest BCUT2D eigenvalue weighted by molar-refractivity contribution is -0.143. The summed E-state index contributed by atoms with van der Waals surface area (Å²) in [7, 11) is 0. The van der Waals surface area contributed by atoms with Crippen molar-refractivity contribution in [2.24, 2.45) is 11.7 Å². The van der Waals surface area contributed by atoms with E-state index >= 15 is 0 Å². The van der Waals surface area contributed by atoms with Crippen LogP contribution in [-0.2, 0) is 30.1 Å². The predicted octanol–water partition coefficient (Wildman–Crippen LogP) is 6.03. The predicted molar refractivity (Wildman–Crippen MR) is 105 cm³/mol. The number of nitrogens with two attached hydrogens (primary N) is 1. The molecule has 0 saturated heterocycles. The van der Waals surface area contributed by atoms with E-state index in [2.05, 4.69) is 0 Å². The Hall–Kier alpha value is -2.97. The Labute approximate surface area is 174 Å². The van der Waals surface area contributed by atoms with Gasteiger partial charge < -0.3 is 10.3 Å². The Morgan fingerprint density at radius 1 is 0.935 bits per heavy atom. The summed E-state index contributed by atoms with van der Waals surface area (Å²) in [6.45, 7) is 4.61. The van der Waals surface area contributed by atoms with E-state index in [1.807, 2.05) is 18.4 Å². The largest absolute Gasteiger partial charge is 0.416 e. The summed E-state index contributed by atoms with van der Waals surface area (Å²) in [4.78, 5) is 11.5. The molecule has 0 radical (unpaired) electrons. The molecule has 0 atom stereocenters. The SMILES string of the molecule is CC(C)Cn1cc(CC(N)=O)c2cc(-c3cc(C(F)(F)F)cc(C(F)(F)F)c3)ccc21. The molecule has 0 fully saturated rings. The van der Waals surface area contributed by atoms with Crippen molar-refractivity contribution in [1.82, 2.24) is 4.57 Å². The Morgan fingerprint density at radius 2 is 1.52 bits per heavy atom. The van der Waals surface area contributed by atoms with E-state index in [1.165, 1.54) is 12.1 Å². The summed E-state index contributed by atoms with van der Waals surface area (Å²) in [5, 5.41) is 0.558. The van der Waals surface area contributed by atoms with Crippen LogP contribution in [0, 0.1) is 5.92 Å². The number of nitrogens with zero attached hydrogens (tertiary/aromatic N) is 1. The molecule has 0 unspecified atom stereocenters. The fourth-order valence-corrected chi connectivity index (χ4v) is 3.55. The molecule has 2 aromatic carbocycles. The van der Waals surface area contributed by atoms with E-state index in [1.54, 1.807) is 12.3 Å². The lowest BCUT2D eigenvalue weighted by Gasteiger charge is -2.15. The highest BCUT2D eigenvalue weighted by atomic mass is 19.4. The topological polar surface area (TPSA) is 48.0 Å². The zero-order valence-corrected chi connectivity index (χ0v) is 16.7. The molecule has 3 nitrogen and oxygen atoms in total. The van der Waals surface area contributed by atoms with E-state index in [-0.39, 0.29) is 29.5 Å². The van der Waals surface area contributed by atoms with Crippen molar-refractivity contribution < 1.29 is 31.1 Å².